The number of carbonyl (C=O) groups is 1. The molecule has 0 N–H and O–H groups in total. The van der Waals surface area contributed by atoms with Gasteiger partial charge in [0.15, 0.2) is 0 Å². The van der Waals surface area contributed by atoms with Gasteiger partial charge in [-0.1, -0.05) is 37.3 Å². The Bertz CT molecular complexity index is 815. The Morgan fingerprint density at radius 3 is 2.56 bits per heavy atom. The lowest BCUT2D eigenvalue weighted by atomic mass is 9.93. The second kappa shape index (κ2) is 7.67. The fraction of sp³-hybridized carbons (Fsp3) is 0.500. The van der Waals surface area contributed by atoms with Crippen LogP contribution in [0.3, 0.4) is 0 Å². The first kappa shape index (κ1) is 18.0. The molecule has 1 amide bonds. The van der Waals surface area contributed by atoms with Gasteiger partial charge in [-0.3, -0.25) is 4.79 Å². The van der Waals surface area contributed by atoms with Gasteiger partial charge in [0.1, 0.15) is 11.6 Å². The minimum Gasteiger partial charge on any atom is -0.356 e. The van der Waals surface area contributed by atoms with Crippen molar-refractivity contribution in [3.8, 4) is 0 Å². The second-order valence-corrected chi connectivity index (χ2v) is 7.60. The van der Waals surface area contributed by atoms with Gasteiger partial charge in [0, 0.05) is 31.6 Å². The highest BCUT2D eigenvalue weighted by Gasteiger charge is 2.31. The van der Waals surface area contributed by atoms with Crippen molar-refractivity contribution in [1.82, 2.24) is 14.9 Å². The number of aryl methyl sites for hydroxylation is 1. The van der Waals surface area contributed by atoms with E-state index >= 15 is 0 Å². The van der Waals surface area contributed by atoms with Crippen molar-refractivity contribution in [2.24, 2.45) is 0 Å². The van der Waals surface area contributed by atoms with E-state index in [1.54, 1.807) is 0 Å². The molecule has 0 radical (unpaired) electrons. The molecule has 1 aromatic heterocycles. The molecule has 2 aliphatic heterocycles. The van der Waals surface area contributed by atoms with Gasteiger partial charge in [-0.05, 0) is 31.7 Å². The van der Waals surface area contributed by atoms with Crippen molar-refractivity contribution >= 4 is 11.7 Å². The summed E-state index contributed by atoms with van der Waals surface area (Å²) in [4.78, 5) is 27.1. The topological polar surface area (TPSA) is 49.3 Å². The number of hydrogen-bond acceptors (Lipinski definition) is 4. The fourth-order valence-corrected chi connectivity index (χ4v) is 4.35. The van der Waals surface area contributed by atoms with E-state index in [0.717, 1.165) is 60.9 Å². The van der Waals surface area contributed by atoms with Crippen molar-refractivity contribution in [2.75, 3.05) is 24.5 Å². The molecule has 5 heteroatoms. The standard InChI is InChI=1S/C22H28N4O/c1-3-18(17-9-5-4-6-10-17)22(27)26-14-11-20-19(15-26)21(24-16(2)23-20)25-12-7-8-13-25/h4-6,9-10,18H,3,7-8,11-15H2,1-2H3/t18-/m0/s1. The van der Waals surface area contributed by atoms with Gasteiger partial charge in [-0.2, -0.15) is 0 Å². The van der Waals surface area contributed by atoms with Crippen LogP contribution >= 0.6 is 0 Å². The molecule has 2 aromatic rings. The third kappa shape index (κ3) is 3.55. The van der Waals surface area contributed by atoms with Gasteiger partial charge in [0.25, 0.3) is 0 Å². The highest BCUT2D eigenvalue weighted by molar-refractivity contribution is 5.84. The molecular formula is C22H28N4O. The largest absolute Gasteiger partial charge is 0.356 e. The van der Waals surface area contributed by atoms with E-state index in [1.165, 1.54) is 12.8 Å². The zero-order valence-corrected chi connectivity index (χ0v) is 16.3. The SMILES string of the molecule is CC[C@H](C(=O)N1CCc2nc(C)nc(N3CCCC3)c2C1)c1ccccc1. The Balaban J connectivity index is 1.61. The Labute approximate surface area is 161 Å². The first-order chi connectivity index (χ1) is 13.2. The summed E-state index contributed by atoms with van der Waals surface area (Å²) in [5.41, 5.74) is 3.39. The molecule has 2 aliphatic rings. The third-order valence-corrected chi connectivity index (χ3v) is 5.78. The van der Waals surface area contributed by atoms with Crippen LogP contribution in [-0.2, 0) is 17.8 Å². The molecule has 3 heterocycles. The van der Waals surface area contributed by atoms with Crippen molar-refractivity contribution in [1.29, 1.82) is 0 Å². The van der Waals surface area contributed by atoms with Gasteiger partial charge >= 0.3 is 0 Å². The van der Waals surface area contributed by atoms with Crippen LogP contribution in [0.25, 0.3) is 0 Å². The van der Waals surface area contributed by atoms with Crippen LogP contribution < -0.4 is 4.90 Å². The van der Waals surface area contributed by atoms with E-state index in [2.05, 4.69) is 28.9 Å². The fourth-order valence-electron chi connectivity index (χ4n) is 4.35. The summed E-state index contributed by atoms with van der Waals surface area (Å²) in [6.07, 6.45) is 4.06. The lowest BCUT2D eigenvalue weighted by Crippen LogP contribution is -2.40. The number of nitrogens with zero attached hydrogens (tertiary/aromatic N) is 4. The molecule has 0 unspecified atom stereocenters. The highest BCUT2D eigenvalue weighted by Crippen LogP contribution is 2.31. The second-order valence-electron chi connectivity index (χ2n) is 7.60. The lowest BCUT2D eigenvalue weighted by Gasteiger charge is -2.33. The van der Waals surface area contributed by atoms with Crippen molar-refractivity contribution in [3.63, 3.8) is 0 Å². The molecule has 0 saturated carbocycles. The van der Waals surface area contributed by atoms with Crippen LogP contribution in [0, 0.1) is 6.92 Å². The van der Waals surface area contributed by atoms with E-state index in [-0.39, 0.29) is 11.8 Å². The summed E-state index contributed by atoms with van der Waals surface area (Å²) < 4.78 is 0. The molecule has 1 aromatic carbocycles. The lowest BCUT2D eigenvalue weighted by molar-refractivity contribution is -0.133. The average molecular weight is 364 g/mol. The summed E-state index contributed by atoms with van der Waals surface area (Å²) in [7, 11) is 0. The predicted octanol–water partition coefficient (Wildman–Crippen LogP) is 3.46. The Hall–Kier alpha value is -2.43. The summed E-state index contributed by atoms with van der Waals surface area (Å²) in [6, 6.07) is 10.1. The highest BCUT2D eigenvalue weighted by atomic mass is 16.2. The molecule has 27 heavy (non-hydrogen) atoms. The van der Waals surface area contributed by atoms with Gasteiger partial charge in [-0.15, -0.1) is 0 Å². The van der Waals surface area contributed by atoms with Gasteiger partial charge < -0.3 is 9.80 Å². The van der Waals surface area contributed by atoms with Crippen molar-refractivity contribution < 1.29 is 4.79 Å². The van der Waals surface area contributed by atoms with Crippen molar-refractivity contribution in [2.45, 2.75) is 52.0 Å². The molecule has 1 saturated heterocycles. The van der Waals surface area contributed by atoms with E-state index in [0.29, 0.717) is 6.54 Å². The number of carbonyl (C=O) groups excluding carboxylic acids is 1. The molecule has 1 fully saturated rings. The Morgan fingerprint density at radius 1 is 1.11 bits per heavy atom. The summed E-state index contributed by atoms with van der Waals surface area (Å²) in [6.45, 7) is 7.54. The van der Waals surface area contributed by atoms with Gasteiger partial charge in [0.2, 0.25) is 5.91 Å². The van der Waals surface area contributed by atoms with E-state index in [9.17, 15) is 4.79 Å². The summed E-state index contributed by atoms with van der Waals surface area (Å²) in [5, 5.41) is 0. The first-order valence-corrected chi connectivity index (χ1v) is 10.1. The minimum atomic E-state index is -0.0747. The summed E-state index contributed by atoms with van der Waals surface area (Å²) >= 11 is 0. The molecule has 1 atom stereocenters. The zero-order chi connectivity index (χ0) is 18.8. The number of benzene rings is 1. The van der Waals surface area contributed by atoms with Crippen LogP contribution in [0.15, 0.2) is 30.3 Å². The van der Waals surface area contributed by atoms with Gasteiger partial charge in [-0.25, -0.2) is 9.97 Å². The van der Waals surface area contributed by atoms with E-state index in [1.807, 2.05) is 30.0 Å². The van der Waals surface area contributed by atoms with Crippen LogP contribution in [-0.4, -0.2) is 40.4 Å². The number of hydrogen-bond donors (Lipinski definition) is 0. The summed E-state index contributed by atoms with van der Waals surface area (Å²) in [5.74, 6) is 2.04. The molecular weight excluding hydrogens is 336 g/mol. The van der Waals surface area contributed by atoms with Crippen molar-refractivity contribution in [3.05, 3.63) is 53.0 Å². The molecule has 0 bridgehead atoms. The number of anilines is 1. The van der Waals surface area contributed by atoms with Gasteiger partial charge in [0.05, 0.1) is 18.2 Å². The maximum absolute atomic E-state index is 13.3. The molecule has 142 valence electrons. The minimum absolute atomic E-state index is 0.0747. The number of fused-ring (bicyclic) bond motifs is 1. The van der Waals surface area contributed by atoms with Crippen LogP contribution in [0.1, 0.15) is 54.7 Å². The average Bonchev–Trinajstić information content (AvgIpc) is 3.23. The third-order valence-electron chi connectivity index (χ3n) is 5.78. The number of aromatic nitrogens is 2. The molecule has 0 aliphatic carbocycles. The normalized spacial score (nSPS) is 17.7. The molecule has 0 spiro atoms. The zero-order valence-electron chi connectivity index (χ0n) is 16.3. The van der Waals surface area contributed by atoms with E-state index in [4.69, 9.17) is 4.98 Å². The molecule has 5 nitrogen and oxygen atoms in total. The maximum Gasteiger partial charge on any atom is 0.230 e. The van der Waals surface area contributed by atoms with Crippen LogP contribution in [0.2, 0.25) is 0 Å². The predicted molar refractivity (Wildman–Crippen MR) is 107 cm³/mol. The van der Waals surface area contributed by atoms with Crippen LogP contribution in [0.4, 0.5) is 5.82 Å². The number of rotatable bonds is 4. The first-order valence-electron chi connectivity index (χ1n) is 10.1. The Kier molecular flexibility index (Phi) is 5.10. The maximum atomic E-state index is 13.3. The Morgan fingerprint density at radius 2 is 1.85 bits per heavy atom. The quantitative estimate of drug-likeness (QED) is 0.834. The van der Waals surface area contributed by atoms with E-state index < -0.39 is 0 Å². The smallest absolute Gasteiger partial charge is 0.230 e. The number of amides is 1. The monoisotopic (exact) mass is 364 g/mol. The van der Waals surface area contributed by atoms with Crippen LogP contribution in [0.5, 0.6) is 0 Å². The molecule has 4 rings (SSSR count).